The molecule has 35 heavy (non-hydrogen) atoms. The number of rotatable bonds is 10. The average Bonchev–Trinajstić information content (AvgIpc) is 2.84. The number of halogens is 1. The number of hydrogen-bond donors (Lipinski definition) is 0. The zero-order valence-electron chi connectivity index (χ0n) is 19.3. The van der Waals surface area contributed by atoms with Crippen LogP contribution in [0.3, 0.4) is 0 Å². The highest BCUT2D eigenvalue weighted by Crippen LogP contribution is 2.26. The van der Waals surface area contributed by atoms with Crippen LogP contribution in [0.15, 0.2) is 52.0 Å². The molecule has 1 amide bonds. The molecule has 0 aliphatic carbocycles. The zero-order valence-corrected chi connectivity index (χ0v) is 20.0. The number of carbonyl (C=O) groups is 1. The Kier molecular flexibility index (Phi) is 8.44. The number of amides is 1. The summed E-state index contributed by atoms with van der Waals surface area (Å²) in [6, 6.07) is 8.81. The lowest BCUT2D eigenvalue weighted by Gasteiger charge is -2.35. The van der Waals surface area contributed by atoms with Crippen molar-refractivity contribution in [2.45, 2.75) is 25.8 Å². The summed E-state index contributed by atoms with van der Waals surface area (Å²) < 4.78 is 17.1. The summed E-state index contributed by atoms with van der Waals surface area (Å²) in [5.41, 5.74) is 0.569. The summed E-state index contributed by atoms with van der Waals surface area (Å²) in [7, 11) is 0. The minimum atomic E-state index is -1.15. The van der Waals surface area contributed by atoms with Gasteiger partial charge in [0, 0.05) is 48.9 Å². The molecule has 0 spiro atoms. The van der Waals surface area contributed by atoms with Crippen LogP contribution in [0.5, 0.6) is 11.5 Å². The molecule has 3 heterocycles. The van der Waals surface area contributed by atoms with E-state index in [4.69, 9.17) is 25.5 Å². The summed E-state index contributed by atoms with van der Waals surface area (Å²) in [4.78, 5) is 30.8. The molecule has 1 aliphatic rings. The Hall–Kier alpha value is -3.30. The lowest BCUT2D eigenvalue weighted by atomic mass is 10.2. The Morgan fingerprint density at radius 2 is 1.77 bits per heavy atom. The maximum atomic E-state index is 12.3. The van der Waals surface area contributed by atoms with Gasteiger partial charge in [0.25, 0.3) is 0 Å². The van der Waals surface area contributed by atoms with E-state index in [0.29, 0.717) is 56.7 Å². The number of pyridine rings is 1. The van der Waals surface area contributed by atoms with Gasteiger partial charge in [-0.1, -0.05) is 11.6 Å². The minimum absolute atomic E-state index is 0.189. The van der Waals surface area contributed by atoms with Gasteiger partial charge < -0.3 is 28.7 Å². The third-order valence-corrected chi connectivity index (χ3v) is 6.07. The summed E-state index contributed by atoms with van der Waals surface area (Å²) in [6.07, 6.45) is 4.41. The van der Waals surface area contributed by atoms with Gasteiger partial charge in [-0.05, 0) is 43.5 Å². The van der Waals surface area contributed by atoms with Gasteiger partial charge in [0.2, 0.25) is 11.2 Å². The normalized spacial score (nSPS) is 14.3. The first-order valence-corrected chi connectivity index (χ1v) is 12.0. The lowest BCUT2D eigenvalue weighted by molar-refractivity contribution is -0.266. The number of carbonyl (C=O) groups excluding carboxylic acids is 1. The number of carboxylic acid groups (broad SMARTS) is 1. The Balaban J connectivity index is 1.15. The number of piperazine rings is 1. The molecule has 0 bridgehead atoms. The van der Waals surface area contributed by atoms with Gasteiger partial charge >= 0.3 is 0 Å². The fraction of sp³-hybridized carbons (Fsp3) is 0.400. The molecule has 0 radical (unpaired) electrons. The van der Waals surface area contributed by atoms with E-state index in [-0.39, 0.29) is 11.2 Å². The number of aromatic nitrogens is 1. The molecule has 10 heteroatoms. The first kappa shape index (κ1) is 24.8. The fourth-order valence-corrected chi connectivity index (χ4v) is 4.07. The molecular formula is C25H27ClN3O6-. The molecule has 0 unspecified atom stereocenters. The number of fused-ring (bicyclic) bond motifs is 1. The molecule has 9 nitrogen and oxygen atoms in total. The van der Waals surface area contributed by atoms with Crippen molar-refractivity contribution in [1.82, 2.24) is 14.8 Å². The van der Waals surface area contributed by atoms with E-state index in [1.165, 1.54) is 17.2 Å². The molecule has 186 valence electrons. The van der Waals surface area contributed by atoms with Crippen LogP contribution in [-0.4, -0.2) is 60.3 Å². The van der Waals surface area contributed by atoms with Gasteiger partial charge in [0.05, 0.1) is 25.3 Å². The van der Waals surface area contributed by atoms with Gasteiger partial charge in [-0.3, -0.25) is 14.7 Å². The second kappa shape index (κ2) is 11.9. The SMILES string of the molecule is O=C([O-])N1CCN(Cc2cc(=O)c(OCCCCCOc3ccnc4cc(Cl)ccc34)co2)CC1. The van der Waals surface area contributed by atoms with Crippen molar-refractivity contribution in [1.29, 1.82) is 0 Å². The monoisotopic (exact) mass is 500 g/mol. The molecular weight excluding hydrogens is 474 g/mol. The van der Waals surface area contributed by atoms with E-state index >= 15 is 0 Å². The number of ether oxygens (including phenoxy) is 2. The van der Waals surface area contributed by atoms with Crippen molar-refractivity contribution >= 4 is 28.6 Å². The van der Waals surface area contributed by atoms with Crippen molar-refractivity contribution in [3.05, 3.63) is 63.8 Å². The highest BCUT2D eigenvalue weighted by atomic mass is 35.5. The second-order valence-corrected chi connectivity index (χ2v) is 8.77. The quantitative estimate of drug-likeness (QED) is 0.391. The molecule has 1 aliphatic heterocycles. The third-order valence-electron chi connectivity index (χ3n) is 5.83. The second-order valence-electron chi connectivity index (χ2n) is 8.33. The van der Waals surface area contributed by atoms with E-state index in [0.717, 1.165) is 35.9 Å². The topological polar surface area (TPSA) is 108 Å². The predicted molar refractivity (Wildman–Crippen MR) is 129 cm³/mol. The minimum Gasteiger partial charge on any atom is -0.530 e. The van der Waals surface area contributed by atoms with E-state index in [2.05, 4.69) is 4.98 Å². The molecule has 2 aromatic heterocycles. The first-order chi connectivity index (χ1) is 17.0. The summed E-state index contributed by atoms with van der Waals surface area (Å²) in [5, 5.41) is 12.4. The number of benzene rings is 1. The number of hydrogen-bond acceptors (Lipinski definition) is 8. The Labute approximate surface area is 207 Å². The Bertz CT molecular complexity index is 1210. The fourth-order valence-electron chi connectivity index (χ4n) is 3.90. The maximum Gasteiger partial charge on any atom is 0.227 e. The standard InChI is InChI=1S/C25H28ClN3O6/c26-18-4-5-20-21(14-18)27-7-6-23(20)33-12-2-1-3-13-34-24-17-35-19(15-22(24)30)16-28-8-10-29(11-9-28)25(31)32/h4-7,14-15,17H,1-3,8-13,16H2,(H,31,32)/p-1. The van der Waals surface area contributed by atoms with E-state index in [1.807, 2.05) is 29.2 Å². The van der Waals surface area contributed by atoms with Crippen LogP contribution in [0, 0.1) is 0 Å². The van der Waals surface area contributed by atoms with Crippen molar-refractivity contribution in [2.75, 3.05) is 39.4 Å². The molecule has 0 atom stereocenters. The maximum absolute atomic E-state index is 12.3. The van der Waals surface area contributed by atoms with Gasteiger partial charge in [-0.2, -0.15) is 0 Å². The lowest BCUT2D eigenvalue weighted by Crippen LogP contribution is -2.52. The van der Waals surface area contributed by atoms with E-state index < -0.39 is 6.09 Å². The van der Waals surface area contributed by atoms with Crippen molar-refractivity contribution in [3.8, 4) is 11.5 Å². The Morgan fingerprint density at radius 1 is 1.03 bits per heavy atom. The van der Waals surface area contributed by atoms with E-state index in [1.54, 1.807) is 6.20 Å². The average molecular weight is 501 g/mol. The van der Waals surface area contributed by atoms with Crippen LogP contribution in [-0.2, 0) is 6.54 Å². The van der Waals surface area contributed by atoms with Crippen LogP contribution < -0.4 is 20.0 Å². The van der Waals surface area contributed by atoms with Crippen molar-refractivity contribution in [3.63, 3.8) is 0 Å². The molecule has 0 N–H and O–H groups in total. The predicted octanol–water partition coefficient (Wildman–Crippen LogP) is 2.93. The highest BCUT2D eigenvalue weighted by molar-refractivity contribution is 6.31. The van der Waals surface area contributed by atoms with Crippen molar-refractivity contribution in [2.24, 2.45) is 0 Å². The van der Waals surface area contributed by atoms with Crippen molar-refractivity contribution < 1.29 is 23.8 Å². The summed E-state index contributed by atoms with van der Waals surface area (Å²) >= 11 is 6.02. The largest absolute Gasteiger partial charge is 0.530 e. The van der Waals surface area contributed by atoms with Gasteiger partial charge in [-0.15, -0.1) is 0 Å². The van der Waals surface area contributed by atoms with Crippen LogP contribution in [0.1, 0.15) is 25.0 Å². The Morgan fingerprint density at radius 3 is 2.49 bits per heavy atom. The van der Waals surface area contributed by atoms with Gasteiger partial charge in [0.1, 0.15) is 23.9 Å². The van der Waals surface area contributed by atoms with Crippen LogP contribution >= 0.6 is 11.6 Å². The molecule has 1 fully saturated rings. The number of nitrogens with zero attached hydrogens (tertiary/aromatic N) is 3. The van der Waals surface area contributed by atoms with Crippen LogP contribution in [0.25, 0.3) is 10.9 Å². The van der Waals surface area contributed by atoms with Crippen LogP contribution in [0.4, 0.5) is 4.79 Å². The van der Waals surface area contributed by atoms with Gasteiger partial charge in [-0.25, -0.2) is 0 Å². The number of unbranched alkanes of at least 4 members (excludes halogenated alkanes) is 2. The summed E-state index contributed by atoms with van der Waals surface area (Å²) in [5.74, 6) is 1.49. The molecule has 1 aromatic carbocycles. The highest BCUT2D eigenvalue weighted by Gasteiger charge is 2.18. The molecule has 0 saturated carbocycles. The first-order valence-electron chi connectivity index (χ1n) is 11.6. The molecule has 1 saturated heterocycles. The smallest absolute Gasteiger partial charge is 0.227 e. The molecule has 4 rings (SSSR count). The molecule has 3 aromatic rings. The van der Waals surface area contributed by atoms with Gasteiger partial charge in [0.15, 0.2) is 0 Å². The third kappa shape index (κ3) is 6.86. The van der Waals surface area contributed by atoms with E-state index in [9.17, 15) is 14.7 Å². The zero-order chi connectivity index (χ0) is 24.6. The summed E-state index contributed by atoms with van der Waals surface area (Å²) in [6.45, 7) is 3.30. The van der Waals surface area contributed by atoms with Crippen LogP contribution in [0.2, 0.25) is 5.02 Å².